The van der Waals surface area contributed by atoms with Crippen LogP contribution < -0.4 is 25.1 Å². The Labute approximate surface area is 130 Å². The highest BCUT2D eigenvalue weighted by Gasteiger charge is 2.19. The summed E-state index contributed by atoms with van der Waals surface area (Å²) in [6, 6.07) is 5.07. The van der Waals surface area contributed by atoms with Crippen molar-refractivity contribution in [3.8, 4) is 11.5 Å². The number of aromatic amines is 1. The second kappa shape index (κ2) is 7.03. The second-order valence-electron chi connectivity index (χ2n) is 4.25. The minimum absolute atomic E-state index is 0.0611. The molecule has 0 aliphatic carbocycles. The summed E-state index contributed by atoms with van der Waals surface area (Å²) in [5.41, 5.74) is 0.0155. The summed E-state index contributed by atoms with van der Waals surface area (Å²) in [6.45, 7) is 0. The molecule has 0 aliphatic rings. The number of nitrogens with one attached hydrogen (secondary N) is 2. The van der Waals surface area contributed by atoms with Crippen LogP contribution in [0.15, 0.2) is 32.5 Å². The molecule has 1 aromatic carbocycles. The normalized spacial score (nSPS) is 10.3. The average Bonchev–Trinajstić information content (AvgIpc) is 2.84. The Morgan fingerprint density at radius 2 is 2.18 bits per heavy atom. The number of rotatable bonds is 6. The number of amides is 1. The quantitative estimate of drug-likeness (QED) is 0.594. The maximum Gasteiger partial charge on any atom is 0.441 e. The fourth-order valence-electron chi connectivity index (χ4n) is 1.71. The third kappa shape index (κ3) is 3.61. The molecule has 1 heterocycles. The van der Waals surface area contributed by atoms with Gasteiger partial charge in [-0.3, -0.25) is 9.32 Å². The highest BCUT2D eigenvalue weighted by Crippen LogP contribution is 2.29. The Morgan fingerprint density at radius 1 is 1.41 bits per heavy atom. The molecule has 0 saturated carbocycles. The van der Waals surface area contributed by atoms with Crippen molar-refractivity contribution >= 4 is 23.4 Å². The van der Waals surface area contributed by atoms with Crippen LogP contribution in [0.4, 0.5) is 5.69 Å². The van der Waals surface area contributed by atoms with Gasteiger partial charge < -0.3 is 14.8 Å². The topological polar surface area (TPSA) is 97.4 Å². The van der Waals surface area contributed by atoms with E-state index in [1.807, 2.05) is 0 Å². The lowest BCUT2D eigenvalue weighted by Gasteiger charge is -2.11. The standard InChI is InChI=1S/C13H15N3O5S/c1-16-12(13(18)21-15-16)22-7-11(17)14-9-5-4-8(19-2)6-10(9)20-3/h4-6H,7H2,1-3H3,(H-,14,15,17,18)/p+1. The number of hydrogen-bond acceptors (Lipinski definition) is 6. The van der Waals surface area contributed by atoms with Gasteiger partial charge in [0.25, 0.3) is 0 Å². The van der Waals surface area contributed by atoms with E-state index in [4.69, 9.17) is 9.47 Å². The average molecular weight is 326 g/mol. The number of aryl methyl sites for hydroxylation is 1. The summed E-state index contributed by atoms with van der Waals surface area (Å²) in [7, 11) is 4.67. The van der Waals surface area contributed by atoms with Crippen molar-refractivity contribution in [1.29, 1.82) is 0 Å². The summed E-state index contributed by atoms with van der Waals surface area (Å²) in [6.07, 6.45) is 0. The van der Waals surface area contributed by atoms with E-state index in [0.29, 0.717) is 22.2 Å². The number of carbonyl (C=O) groups excluding carboxylic acids is 1. The lowest BCUT2D eigenvalue weighted by molar-refractivity contribution is -0.772. The minimum atomic E-state index is -0.512. The maximum absolute atomic E-state index is 12.0. The number of thioether (sulfide) groups is 1. The summed E-state index contributed by atoms with van der Waals surface area (Å²) in [5, 5.41) is 5.42. The van der Waals surface area contributed by atoms with Gasteiger partial charge in [0.1, 0.15) is 11.5 Å². The number of benzene rings is 1. The molecule has 0 bridgehead atoms. The van der Waals surface area contributed by atoms with Crippen LogP contribution in [0.3, 0.4) is 0 Å². The number of hydrogen-bond donors (Lipinski definition) is 2. The zero-order valence-electron chi connectivity index (χ0n) is 12.3. The maximum atomic E-state index is 12.0. The first-order valence-electron chi connectivity index (χ1n) is 6.27. The number of methoxy groups -OCH3 is 2. The first-order chi connectivity index (χ1) is 10.5. The van der Waals surface area contributed by atoms with Crippen LogP contribution in [0.1, 0.15) is 0 Å². The molecule has 118 valence electrons. The molecule has 0 atom stereocenters. The zero-order chi connectivity index (χ0) is 16.1. The summed E-state index contributed by atoms with van der Waals surface area (Å²) < 4.78 is 16.3. The van der Waals surface area contributed by atoms with E-state index in [0.717, 1.165) is 11.8 Å². The molecule has 1 amide bonds. The minimum Gasteiger partial charge on any atom is -0.497 e. The third-order valence-electron chi connectivity index (χ3n) is 2.78. The lowest BCUT2D eigenvalue weighted by atomic mass is 10.2. The molecule has 2 aromatic rings. The van der Waals surface area contributed by atoms with E-state index < -0.39 is 5.63 Å². The zero-order valence-corrected chi connectivity index (χ0v) is 13.2. The van der Waals surface area contributed by atoms with Crippen molar-refractivity contribution in [3.05, 3.63) is 28.6 Å². The first kappa shape index (κ1) is 16.0. The van der Waals surface area contributed by atoms with Gasteiger partial charge in [0.15, 0.2) is 7.05 Å². The molecule has 8 nitrogen and oxygen atoms in total. The molecular weight excluding hydrogens is 310 g/mol. The summed E-state index contributed by atoms with van der Waals surface area (Å²) in [5.74, 6) is 0.908. The molecular formula is C13H16N3O5S+. The number of aromatic nitrogens is 2. The van der Waals surface area contributed by atoms with Gasteiger partial charge in [-0.15, -0.1) is 0 Å². The predicted molar refractivity (Wildman–Crippen MR) is 79.4 cm³/mol. The molecule has 0 radical (unpaired) electrons. The van der Waals surface area contributed by atoms with Crippen molar-refractivity contribution in [2.75, 3.05) is 25.3 Å². The van der Waals surface area contributed by atoms with Gasteiger partial charge >= 0.3 is 10.7 Å². The number of carbonyl (C=O) groups is 1. The molecule has 2 rings (SSSR count). The highest BCUT2D eigenvalue weighted by atomic mass is 32.2. The van der Waals surface area contributed by atoms with Gasteiger partial charge in [-0.1, -0.05) is 4.68 Å². The number of ether oxygens (including phenoxy) is 2. The molecule has 0 unspecified atom stereocenters. The van der Waals surface area contributed by atoms with Gasteiger partial charge in [-0.2, -0.15) is 0 Å². The van der Waals surface area contributed by atoms with Gasteiger partial charge in [0.2, 0.25) is 5.91 Å². The monoisotopic (exact) mass is 326 g/mol. The molecule has 0 fully saturated rings. The van der Waals surface area contributed by atoms with Crippen LogP contribution in [-0.2, 0) is 11.8 Å². The van der Waals surface area contributed by atoms with E-state index in [1.54, 1.807) is 32.4 Å². The van der Waals surface area contributed by atoms with E-state index in [2.05, 4.69) is 15.1 Å². The number of anilines is 1. The van der Waals surface area contributed by atoms with Gasteiger partial charge in [0, 0.05) is 6.07 Å². The van der Waals surface area contributed by atoms with Crippen molar-refractivity contribution in [3.63, 3.8) is 0 Å². The lowest BCUT2D eigenvalue weighted by Crippen LogP contribution is -2.34. The van der Waals surface area contributed by atoms with Gasteiger partial charge in [0.05, 0.1) is 25.7 Å². The summed E-state index contributed by atoms with van der Waals surface area (Å²) in [4.78, 5) is 23.4. The molecule has 2 N–H and O–H groups in total. The van der Waals surface area contributed by atoms with Crippen LogP contribution in [0.2, 0.25) is 0 Å². The van der Waals surface area contributed by atoms with Crippen molar-refractivity contribution in [2.24, 2.45) is 7.05 Å². The largest absolute Gasteiger partial charge is 0.497 e. The second-order valence-corrected chi connectivity index (χ2v) is 5.21. The Kier molecular flexibility index (Phi) is 5.10. The van der Waals surface area contributed by atoms with E-state index >= 15 is 0 Å². The SMILES string of the molecule is COc1ccc(NC(=O)CSc2c(=O)o[nH][n+]2C)c(OC)c1. The summed E-state index contributed by atoms with van der Waals surface area (Å²) >= 11 is 1.08. The van der Waals surface area contributed by atoms with Crippen LogP contribution in [0, 0.1) is 0 Å². The number of nitrogens with zero attached hydrogens (tertiary/aromatic N) is 1. The van der Waals surface area contributed by atoms with Gasteiger partial charge in [-0.05, 0) is 29.2 Å². The highest BCUT2D eigenvalue weighted by molar-refractivity contribution is 7.99. The molecule has 1 aromatic heterocycles. The number of H-pyrrole nitrogens is 1. The van der Waals surface area contributed by atoms with Crippen molar-refractivity contribution < 1.29 is 23.5 Å². The van der Waals surface area contributed by atoms with E-state index in [-0.39, 0.29) is 11.7 Å². The predicted octanol–water partition coefficient (Wildman–Crippen LogP) is 0.540. The van der Waals surface area contributed by atoms with Crippen LogP contribution in [-0.4, -0.2) is 31.2 Å². The third-order valence-corrected chi connectivity index (χ3v) is 3.90. The molecule has 9 heteroatoms. The van der Waals surface area contributed by atoms with Crippen LogP contribution in [0.5, 0.6) is 11.5 Å². The van der Waals surface area contributed by atoms with E-state index in [9.17, 15) is 9.59 Å². The Balaban J connectivity index is 2.02. The molecule has 0 aliphatic heterocycles. The molecule has 0 spiro atoms. The van der Waals surface area contributed by atoms with Crippen molar-refractivity contribution in [2.45, 2.75) is 5.03 Å². The smallest absolute Gasteiger partial charge is 0.441 e. The van der Waals surface area contributed by atoms with Crippen LogP contribution >= 0.6 is 11.8 Å². The molecule has 0 saturated heterocycles. The van der Waals surface area contributed by atoms with Crippen LogP contribution in [0.25, 0.3) is 0 Å². The fourth-order valence-corrected chi connectivity index (χ4v) is 2.44. The first-order valence-corrected chi connectivity index (χ1v) is 7.26. The molecule has 22 heavy (non-hydrogen) atoms. The van der Waals surface area contributed by atoms with Crippen molar-refractivity contribution in [1.82, 2.24) is 5.27 Å². The fraction of sp³-hybridized carbons (Fsp3) is 0.308. The van der Waals surface area contributed by atoms with E-state index in [1.165, 1.54) is 11.8 Å². The van der Waals surface area contributed by atoms with Gasteiger partial charge in [-0.25, -0.2) is 4.79 Å². The Morgan fingerprint density at radius 3 is 2.77 bits per heavy atom. The Bertz CT molecular complexity index is 725. The Hall–Kier alpha value is -2.42.